The lowest BCUT2D eigenvalue weighted by atomic mass is 10.2. The lowest BCUT2D eigenvalue weighted by Gasteiger charge is -2.06. The van der Waals surface area contributed by atoms with Gasteiger partial charge < -0.3 is 13.9 Å². The number of rotatable bonds is 9. The van der Waals surface area contributed by atoms with Crippen molar-refractivity contribution in [1.29, 1.82) is 0 Å². The van der Waals surface area contributed by atoms with Gasteiger partial charge in [-0.05, 0) is 55.7 Å². The van der Waals surface area contributed by atoms with Crippen LogP contribution in [-0.4, -0.2) is 29.7 Å². The average Bonchev–Trinajstić information content (AvgIpc) is 3.22. The molecule has 0 N–H and O–H groups in total. The van der Waals surface area contributed by atoms with Gasteiger partial charge in [-0.15, -0.1) is 0 Å². The Balaban J connectivity index is 1.48. The molecule has 0 fully saturated rings. The number of ether oxygens (including phenoxy) is 2. The zero-order valence-corrected chi connectivity index (χ0v) is 15.3. The molecule has 0 unspecified atom stereocenters. The van der Waals surface area contributed by atoms with Crippen LogP contribution < -0.4 is 4.74 Å². The number of benzene rings is 1. The molecule has 27 heavy (non-hydrogen) atoms. The zero-order valence-electron chi connectivity index (χ0n) is 15.3. The molecule has 0 saturated carbocycles. The van der Waals surface area contributed by atoms with Crippen molar-refractivity contribution in [1.82, 2.24) is 9.97 Å². The van der Waals surface area contributed by atoms with Gasteiger partial charge in [-0.25, -0.2) is 4.98 Å². The maximum absolute atomic E-state index is 11.0. The van der Waals surface area contributed by atoms with Gasteiger partial charge in [0, 0.05) is 29.9 Å². The van der Waals surface area contributed by atoms with Crippen molar-refractivity contribution in [2.45, 2.75) is 25.7 Å². The lowest BCUT2D eigenvalue weighted by molar-refractivity contribution is -0.140. The third-order valence-electron chi connectivity index (χ3n) is 4.09. The first kappa shape index (κ1) is 18.6. The fourth-order valence-corrected chi connectivity index (χ4v) is 2.59. The van der Waals surface area contributed by atoms with Crippen molar-refractivity contribution in [3.8, 4) is 28.5 Å². The summed E-state index contributed by atoms with van der Waals surface area (Å²) in [7, 11) is 1.41. The van der Waals surface area contributed by atoms with Gasteiger partial charge in [0.15, 0.2) is 5.76 Å². The fraction of sp³-hybridized carbons (Fsp3) is 0.286. The fourth-order valence-electron chi connectivity index (χ4n) is 2.59. The molecule has 3 rings (SSSR count). The predicted octanol–water partition coefficient (Wildman–Crippen LogP) is 4.52. The van der Waals surface area contributed by atoms with Crippen LogP contribution in [0.4, 0.5) is 0 Å². The molecule has 6 nitrogen and oxygen atoms in total. The van der Waals surface area contributed by atoms with Crippen molar-refractivity contribution >= 4 is 5.97 Å². The molecule has 0 aliphatic rings. The van der Waals surface area contributed by atoms with Gasteiger partial charge in [-0.3, -0.25) is 9.78 Å². The van der Waals surface area contributed by atoms with Crippen LogP contribution >= 0.6 is 0 Å². The van der Waals surface area contributed by atoms with Crippen molar-refractivity contribution in [3.05, 3.63) is 55.0 Å². The summed E-state index contributed by atoms with van der Waals surface area (Å²) in [4.78, 5) is 19.3. The number of nitrogens with zero attached hydrogens (tertiary/aromatic N) is 2. The average molecular weight is 366 g/mol. The van der Waals surface area contributed by atoms with Crippen molar-refractivity contribution in [3.63, 3.8) is 0 Å². The summed E-state index contributed by atoms with van der Waals surface area (Å²) in [6.07, 6.45) is 8.25. The molecule has 6 heteroatoms. The first-order valence-corrected chi connectivity index (χ1v) is 8.92. The van der Waals surface area contributed by atoms with Crippen LogP contribution in [0.1, 0.15) is 25.7 Å². The molecule has 3 aromatic rings. The zero-order chi connectivity index (χ0) is 18.9. The number of carbonyl (C=O) groups excluding carboxylic acids is 1. The van der Waals surface area contributed by atoms with E-state index >= 15 is 0 Å². The van der Waals surface area contributed by atoms with Crippen LogP contribution in [0.25, 0.3) is 22.8 Å². The highest BCUT2D eigenvalue weighted by atomic mass is 16.5. The van der Waals surface area contributed by atoms with Gasteiger partial charge in [-0.2, -0.15) is 0 Å². The van der Waals surface area contributed by atoms with Crippen LogP contribution in [-0.2, 0) is 9.53 Å². The van der Waals surface area contributed by atoms with Crippen LogP contribution in [0.15, 0.2) is 59.4 Å². The van der Waals surface area contributed by atoms with E-state index in [1.165, 1.54) is 7.11 Å². The van der Waals surface area contributed by atoms with Crippen LogP contribution in [0, 0.1) is 0 Å². The predicted molar refractivity (Wildman–Crippen MR) is 101 cm³/mol. The summed E-state index contributed by atoms with van der Waals surface area (Å²) in [6, 6.07) is 11.4. The number of unbranched alkanes of at least 4 members (excludes halogenated alkanes) is 2. The van der Waals surface area contributed by atoms with E-state index in [4.69, 9.17) is 9.15 Å². The second kappa shape index (κ2) is 9.52. The van der Waals surface area contributed by atoms with Gasteiger partial charge in [0.1, 0.15) is 5.75 Å². The lowest BCUT2D eigenvalue weighted by Crippen LogP contribution is -2.01. The molecular weight excluding hydrogens is 344 g/mol. The van der Waals surface area contributed by atoms with E-state index in [0.29, 0.717) is 24.7 Å². The number of methoxy groups -OCH3 is 1. The molecule has 0 radical (unpaired) electrons. The van der Waals surface area contributed by atoms with Crippen molar-refractivity contribution in [2.75, 3.05) is 13.7 Å². The first-order valence-electron chi connectivity index (χ1n) is 8.92. The minimum Gasteiger partial charge on any atom is -0.494 e. The Labute approximate surface area is 158 Å². The molecule has 0 spiro atoms. The summed E-state index contributed by atoms with van der Waals surface area (Å²) in [5, 5.41) is 0. The molecule has 0 bridgehead atoms. The third kappa shape index (κ3) is 5.41. The quantitative estimate of drug-likeness (QED) is 0.409. The van der Waals surface area contributed by atoms with E-state index in [0.717, 1.165) is 36.1 Å². The number of hydrogen-bond donors (Lipinski definition) is 0. The van der Waals surface area contributed by atoms with Crippen LogP contribution in [0.2, 0.25) is 0 Å². The maximum atomic E-state index is 11.0. The number of oxazole rings is 1. The number of pyridine rings is 1. The number of carbonyl (C=O) groups is 1. The van der Waals surface area contributed by atoms with Gasteiger partial charge in [0.2, 0.25) is 5.89 Å². The Hall–Kier alpha value is -3.15. The molecule has 0 amide bonds. The van der Waals surface area contributed by atoms with E-state index in [2.05, 4.69) is 14.7 Å². The molecule has 2 heterocycles. The van der Waals surface area contributed by atoms with Gasteiger partial charge >= 0.3 is 5.97 Å². The molecule has 0 atom stereocenters. The second-order valence-corrected chi connectivity index (χ2v) is 6.03. The summed E-state index contributed by atoms with van der Waals surface area (Å²) in [6.45, 7) is 0.620. The normalized spacial score (nSPS) is 10.6. The molecular formula is C21H22N2O4. The summed E-state index contributed by atoms with van der Waals surface area (Å²) < 4.78 is 16.2. The minimum atomic E-state index is -0.161. The highest BCUT2D eigenvalue weighted by Crippen LogP contribution is 2.27. The van der Waals surface area contributed by atoms with E-state index in [1.54, 1.807) is 18.6 Å². The Kier molecular flexibility index (Phi) is 6.57. The Morgan fingerprint density at radius 3 is 2.52 bits per heavy atom. The Bertz CT molecular complexity index is 844. The van der Waals surface area contributed by atoms with Gasteiger partial charge in [0.25, 0.3) is 0 Å². The van der Waals surface area contributed by atoms with E-state index < -0.39 is 0 Å². The summed E-state index contributed by atoms with van der Waals surface area (Å²) in [5.74, 6) is 1.92. The van der Waals surface area contributed by atoms with Gasteiger partial charge in [0.05, 0.1) is 19.9 Å². The molecule has 1 aromatic carbocycles. The largest absolute Gasteiger partial charge is 0.494 e. The monoisotopic (exact) mass is 366 g/mol. The molecule has 0 aliphatic carbocycles. The Morgan fingerprint density at radius 1 is 1.00 bits per heavy atom. The first-order chi connectivity index (χ1) is 13.3. The topological polar surface area (TPSA) is 74.5 Å². The van der Waals surface area contributed by atoms with Gasteiger partial charge in [-0.1, -0.05) is 0 Å². The highest BCUT2D eigenvalue weighted by molar-refractivity contribution is 5.69. The third-order valence-corrected chi connectivity index (χ3v) is 4.09. The van der Waals surface area contributed by atoms with Crippen LogP contribution in [0.5, 0.6) is 5.75 Å². The summed E-state index contributed by atoms with van der Waals surface area (Å²) >= 11 is 0. The van der Waals surface area contributed by atoms with E-state index in [-0.39, 0.29) is 5.97 Å². The van der Waals surface area contributed by atoms with Crippen molar-refractivity contribution in [2.24, 2.45) is 0 Å². The molecule has 140 valence electrons. The number of hydrogen-bond acceptors (Lipinski definition) is 6. The minimum absolute atomic E-state index is 0.161. The van der Waals surface area contributed by atoms with Crippen LogP contribution in [0.3, 0.4) is 0 Å². The molecule has 0 saturated heterocycles. The maximum Gasteiger partial charge on any atom is 0.305 e. The molecule has 0 aliphatic heterocycles. The van der Waals surface area contributed by atoms with E-state index in [9.17, 15) is 4.79 Å². The van der Waals surface area contributed by atoms with E-state index in [1.807, 2.05) is 36.4 Å². The van der Waals surface area contributed by atoms with Crippen molar-refractivity contribution < 1.29 is 18.7 Å². The highest BCUT2D eigenvalue weighted by Gasteiger charge is 2.08. The standard InChI is InChI=1S/C21H22N2O4/c1-25-20(24)5-3-2-4-14-26-18-8-6-16(7-9-18)19-15-23-21(27-19)17-10-12-22-13-11-17/h6-13,15H,2-5,14H2,1H3. The SMILES string of the molecule is COC(=O)CCCCCOc1ccc(-c2cnc(-c3ccncc3)o2)cc1. The smallest absolute Gasteiger partial charge is 0.305 e. The number of esters is 1. The summed E-state index contributed by atoms with van der Waals surface area (Å²) in [5.41, 5.74) is 1.83. The Morgan fingerprint density at radius 2 is 1.78 bits per heavy atom. The number of aromatic nitrogens is 2. The second-order valence-electron chi connectivity index (χ2n) is 6.03. The molecule has 2 aromatic heterocycles.